The van der Waals surface area contributed by atoms with Gasteiger partial charge in [-0.25, -0.2) is 0 Å². The molecule has 1 aromatic carbocycles. The van der Waals surface area contributed by atoms with E-state index < -0.39 is 5.91 Å². The van der Waals surface area contributed by atoms with Gasteiger partial charge in [-0.1, -0.05) is 30.3 Å². The van der Waals surface area contributed by atoms with Crippen molar-refractivity contribution in [2.75, 3.05) is 7.11 Å². The summed E-state index contributed by atoms with van der Waals surface area (Å²) in [6.07, 6.45) is 1.60. The minimum atomic E-state index is -0.564. The van der Waals surface area contributed by atoms with E-state index in [9.17, 15) is 4.79 Å². The molecule has 0 heterocycles. The summed E-state index contributed by atoms with van der Waals surface area (Å²) < 4.78 is 4.80. The van der Waals surface area contributed by atoms with E-state index in [0.29, 0.717) is 0 Å². The minimum Gasteiger partial charge on any atom is -0.491 e. The Hall–Kier alpha value is -1.48. The Labute approximate surface area is 89.0 Å². The van der Waals surface area contributed by atoms with E-state index in [4.69, 9.17) is 10.5 Å². The number of halogens is 1. The van der Waals surface area contributed by atoms with Crippen LogP contribution in [0.3, 0.4) is 0 Å². The molecule has 1 amide bonds. The molecule has 0 aliphatic carbocycles. The number of carbonyl (C=O) groups is 1. The van der Waals surface area contributed by atoms with Crippen LogP contribution in [0.5, 0.6) is 0 Å². The molecule has 0 saturated carbocycles. The lowest BCUT2D eigenvalue weighted by molar-refractivity contribution is -0.117. The molecule has 1 aromatic rings. The summed E-state index contributed by atoms with van der Waals surface area (Å²) in [4.78, 5) is 10.8. The summed E-state index contributed by atoms with van der Waals surface area (Å²) in [6.45, 7) is 0. The Morgan fingerprint density at radius 3 is 2.36 bits per heavy atom. The number of amides is 1. The molecule has 0 atom stereocenters. The quantitative estimate of drug-likeness (QED) is 0.612. The van der Waals surface area contributed by atoms with Crippen molar-refractivity contribution in [3.63, 3.8) is 0 Å². The predicted molar refractivity (Wildman–Crippen MR) is 57.9 cm³/mol. The van der Waals surface area contributed by atoms with Crippen LogP contribution in [0.1, 0.15) is 5.56 Å². The highest BCUT2D eigenvalue weighted by atomic mass is 35.5. The van der Waals surface area contributed by atoms with Crippen LogP contribution in [0.15, 0.2) is 36.1 Å². The van der Waals surface area contributed by atoms with Crippen molar-refractivity contribution >= 4 is 24.4 Å². The number of benzene rings is 1. The summed E-state index contributed by atoms with van der Waals surface area (Å²) in [6, 6.07) is 9.37. The Kier molecular flexibility index (Phi) is 5.41. The first kappa shape index (κ1) is 12.5. The number of rotatable bonds is 3. The number of ether oxygens (including phenoxy) is 1. The van der Waals surface area contributed by atoms with E-state index in [1.54, 1.807) is 6.08 Å². The number of methoxy groups -OCH3 is 1. The van der Waals surface area contributed by atoms with Crippen LogP contribution in [0.2, 0.25) is 0 Å². The monoisotopic (exact) mass is 213 g/mol. The maximum absolute atomic E-state index is 10.8. The fourth-order valence-electron chi connectivity index (χ4n) is 0.931. The van der Waals surface area contributed by atoms with Crippen LogP contribution in [0.4, 0.5) is 0 Å². The molecule has 14 heavy (non-hydrogen) atoms. The van der Waals surface area contributed by atoms with Gasteiger partial charge < -0.3 is 10.5 Å². The van der Waals surface area contributed by atoms with Crippen molar-refractivity contribution in [2.45, 2.75) is 0 Å². The lowest BCUT2D eigenvalue weighted by atomic mass is 10.2. The number of hydrogen-bond donors (Lipinski definition) is 1. The van der Waals surface area contributed by atoms with E-state index in [-0.39, 0.29) is 18.2 Å². The third-order valence-electron chi connectivity index (χ3n) is 1.56. The summed E-state index contributed by atoms with van der Waals surface area (Å²) in [5, 5.41) is 0. The molecule has 0 spiro atoms. The zero-order valence-corrected chi connectivity index (χ0v) is 8.58. The Balaban J connectivity index is 0.00000169. The SMILES string of the molecule is COC(=Cc1ccccc1)C(N)=O.Cl. The predicted octanol–water partition coefficient (Wildman–Crippen LogP) is 1.58. The topological polar surface area (TPSA) is 52.3 Å². The Morgan fingerprint density at radius 1 is 1.36 bits per heavy atom. The van der Waals surface area contributed by atoms with Gasteiger partial charge in [0.05, 0.1) is 7.11 Å². The Bertz CT molecular complexity index is 322. The Morgan fingerprint density at radius 2 is 1.93 bits per heavy atom. The van der Waals surface area contributed by atoms with E-state index in [1.165, 1.54) is 7.11 Å². The van der Waals surface area contributed by atoms with E-state index >= 15 is 0 Å². The second-order valence-corrected chi connectivity index (χ2v) is 2.49. The third-order valence-corrected chi connectivity index (χ3v) is 1.56. The van der Waals surface area contributed by atoms with Gasteiger partial charge in [-0.2, -0.15) is 0 Å². The largest absolute Gasteiger partial charge is 0.491 e. The van der Waals surface area contributed by atoms with E-state index in [2.05, 4.69) is 0 Å². The molecule has 1 rings (SSSR count). The highest BCUT2D eigenvalue weighted by Crippen LogP contribution is 2.06. The average Bonchev–Trinajstić information content (AvgIpc) is 2.15. The van der Waals surface area contributed by atoms with Crippen LogP contribution in [0, 0.1) is 0 Å². The van der Waals surface area contributed by atoms with Gasteiger partial charge in [0.25, 0.3) is 5.91 Å². The first-order valence-corrected chi connectivity index (χ1v) is 3.84. The molecule has 0 saturated heterocycles. The molecule has 0 fully saturated rings. The molecule has 0 unspecified atom stereocenters. The first-order valence-electron chi connectivity index (χ1n) is 3.84. The van der Waals surface area contributed by atoms with Crippen molar-refractivity contribution in [2.24, 2.45) is 5.73 Å². The van der Waals surface area contributed by atoms with E-state index in [0.717, 1.165) is 5.56 Å². The summed E-state index contributed by atoms with van der Waals surface area (Å²) in [5.74, 6) is -0.405. The molecule has 0 aliphatic rings. The van der Waals surface area contributed by atoms with Crippen molar-refractivity contribution in [3.8, 4) is 0 Å². The van der Waals surface area contributed by atoms with Gasteiger partial charge in [-0.15, -0.1) is 12.4 Å². The molecule has 0 aromatic heterocycles. The average molecular weight is 214 g/mol. The van der Waals surface area contributed by atoms with Gasteiger partial charge >= 0.3 is 0 Å². The van der Waals surface area contributed by atoms with Crippen LogP contribution in [-0.2, 0) is 9.53 Å². The van der Waals surface area contributed by atoms with Crippen molar-refractivity contribution < 1.29 is 9.53 Å². The third kappa shape index (κ3) is 3.49. The maximum atomic E-state index is 10.8. The molecule has 2 N–H and O–H groups in total. The molecule has 4 heteroatoms. The lowest BCUT2D eigenvalue weighted by Gasteiger charge is -2.00. The van der Waals surface area contributed by atoms with Gasteiger partial charge in [-0.05, 0) is 11.6 Å². The van der Waals surface area contributed by atoms with Crippen LogP contribution in [0.25, 0.3) is 6.08 Å². The molecular weight excluding hydrogens is 202 g/mol. The molecule has 0 radical (unpaired) electrons. The zero-order valence-electron chi connectivity index (χ0n) is 7.77. The van der Waals surface area contributed by atoms with Gasteiger partial charge in [0.2, 0.25) is 0 Å². The second-order valence-electron chi connectivity index (χ2n) is 2.49. The molecule has 76 valence electrons. The van der Waals surface area contributed by atoms with Crippen molar-refractivity contribution in [1.82, 2.24) is 0 Å². The molecule has 3 nitrogen and oxygen atoms in total. The fourth-order valence-corrected chi connectivity index (χ4v) is 0.931. The lowest BCUT2D eigenvalue weighted by Crippen LogP contribution is -2.14. The number of hydrogen-bond acceptors (Lipinski definition) is 2. The van der Waals surface area contributed by atoms with Crippen molar-refractivity contribution in [1.29, 1.82) is 0 Å². The van der Waals surface area contributed by atoms with Crippen LogP contribution in [-0.4, -0.2) is 13.0 Å². The van der Waals surface area contributed by atoms with Crippen LogP contribution < -0.4 is 5.73 Å². The van der Waals surface area contributed by atoms with Crippen molar-refractivity contribution in [3.05, 3.63) is 41.7 Å². The fraction of sp³-hybridized carbons (Fsp3) is 0.100. The smallest absolute Gasteiger partial charge is 0.283 e. The highest BCUT2D eigenvalue weighted by molar-refractivity contribution is 5.94. The zero-order chi connectivity index (χ0) is 9.68. The van der Waals surface area contributed by atoms with Gasteiger partial charge in [-0.3, -0.25) is 4.79 Å². The normalized spacial score (nSPS) is 10.2. The van der Waals surface area contributed by atoms with Gasteiger partial charge in [0.1, 0.15) is 0 Å². The van der Waals surface area contributed by atoms with Gasteiger partial charge in [0.15, 0.2) is 5.76 Å². The van der Waals surface area contributed by atoms with Gasteiger partial charge in [0, 0.05) is 0 Å². The minimum absolute atomic E-state index is 0. The number of nitrogens with two attached hydrogens (primary N) is 1. The number of primary amides is 1. The first-order chi connectivity index (χ1) is 6.24. The van der Waals surface area contributed by atoms with Crippen LogP contribution >= 0.6 is 12.4 Å². The molecular formula is C10H12ClNO2. The maximum Gasteiger partial charge on any atom is 0.283 e. The molecule has 0 aliphatic heterocycles. The second kappa shape index (κ2) is 6.05. The molecule has 0 bridgehead atoms. The number of carbonyl (C=O) groups excluding carboxylic acids is 1. The summed E-state index contributed by atoms with van der Waals surface area (Å²) in [5.41, 5.74) is 5.95. The van der Waals surface area contributed by atoms with E-state index in [1.807, 2.05) is 30.3 Å². The highest BCUT2D eigenvalue weighted by Gasteiger charge is 2.02. The summed E-state index contributed by atoms with van der Waals surface area (Å²) >= 11 is 0. The summed E-state index contributed by atoms with van der Waals surface area (Å²) in [7, 11) is 1.42. The standard InChI is InChI=1S/C10H11NO2.ClH/c1-13-9(10(11)12)7-8-5-3-2-4-6-8;/h2-7H,1H3,(H2,11,12);1H.